The average Bonchev–Trinajstić information content (AvgIpc) is 3.04. The van der Waals surface area contributed by atoms with Crippen LogP contribution in [0.25, 0.3) is 0 Å². The zero-order valence-electron chi connectivity index (χ0n) is 9.87. The molecule has 1 unspecified atom stereocenters. The van der Waals surface area contributed by atoms with Gasteiger partial charge in [0, 0.05) is 5.92 Å². The van der Waals surface area contributed by atoms with Gasteiger partial charge in [-0.15, -0.1) is 0 Å². The van der Waals surface area contributed by atoms with Crippen LogP contribution in [0.5, 0.6) is 0 Å². The summed E-state index contributed by atoms with van der Waals surface area (Å²) in [5.74, 6) is -1.27. The topological polar surface area (TPSA) is 80.4 Å². The first kappa shape index (κ1) is 13.2. The standard InChI is InChI=1S/C12H21NO3/c1-2-3-4-5-9(10(14)8-13)12(6-7-12)11(15)16/h9H,2-8,13H2,1H3,(H,15,16). The quantitative estimate of drug-likeness (QED) is 0.617. The number of nitrogens with two attached hydrogens (primary N) is 1. The van der Waals surface area contributed by atoms with Crippen molar-refractivity contribution < 1.29 is 14.7 Å². The molecule has 16 heavy (non-hydrogen) atoms. The van der Waals surface area contributed by atoms with Gasteiger partial charge in [-0.1, -0.05) is 26.2 Å². The highest BCUT2D eigenvalue weighted by atomic mass is 16.4. The van der Waals surface area contributed by atoms with Crippen LogP contribution in [0.15, 0.2) is 0 Å². The lowest BCUT2D eigenvalue weighted by atomic mass is 9.81. The number of rotatable bonds is 8. The molecule has 3 N–H and O–H groups in total. The molecule has 0 heterocycles. The Bertz CT molecular complexity index is 271. The van der Waals surface area contributed by atoms with Crippen molar-refractivity contribution in [2.24, 2.45) is 17.1 Å². The number of ketones is 1. The summed E-state index contributed by atoms with van der Waals surface area (Å²) in [7, 11) is 0. The maximum absolute atomic E-state index is 11.7. The largest absolute Gasteiger partial charge is 0.481 e. The molecule has 0 aromatic heterocycles. The number of carboxylic acids is 1. The van der Waals surface area contributed by atoms with Gasteiger partial charge >= 0.3 is 5.97 Å². The first-order valence-corrected chi connectivity index (χ1v) is 6.04. The van der Waals surface area contributed by atoms with Crippen LogP contribution in [0.2, 0.25) is 0 Å². The number of hydrogen-bond donors (Lipinski definition) is 2. The normalized spacial score (nSPS) is 19.1. The Balaban J connectivity index is 2.64. The average molecular weight is 227 g/mol. The molecule has 1 rings (SSSR count). The van der Waals surface area contributed by atoms with Gasteiger partial charge in [-0.2, -0.15) is 0 Å². The summed E-state index contributed by atoms with van der Waals surface area (Å²) in [6.45, 7) is 2.05. The molecule has 92 valence electrons. The second-order valence-electron chi connectivity index (χ2n) is 4.68. The Morgan fingerprint density at radius 1 is 1.38 bits per heavy atom. The molecule has 0 aliphatic heterocycles. The predicted molar refractivity (Wildman–Crippen MR) is 61.0 cm³/mol. The summed E-state index contributed by atoms with van der Waals surface area (Å²) in [4.78, 5) is 22.9. The van der Waals surface area contributed by atoms with Crippen molar-refractivity contribution in [2.45, 2.75) is 45.4 Å². The van der Waals surface area contributed by atoms with Crippen LogP contribution in [-0.2, 0) is 9.59 Å². The Labute approximate surface area is 96.2 Å². The summed E-state index contributed by atoms with van der Waals surface area (Å²) in [5.41, 5.74) is 4.59. The van der Waals surface area contributed by atoms with Gasteiger partial charge in [-0.3, -0.25) is 9.59 Å². The number of aliphatic carboxylic acids is 1. The second kappa shape index (κ2) is 5.43. The van der Waals surface area contributed by atoms with Crippen LogP contribution in [0.4, 0.5) is 0 Å². The molecule has 1 saturated carbocycles. The molecule has 0 spiro atoms. The van der Waals surface area contributed by atoms with E-state index in [1.807, 2.05) is 0 Å². The molecule has 0 bridgehead atoms. The van der Waals surface area contributed by atoms with Crippen molar-refractivity contribution >= 4 is 11.8 Å². The monoisotopic (exact) mass is 227 g/mol. The van der Waals surface area contributed by atoms with Gasteiger partial charge in [-0.05, 0) is 19.3 Å². The number of carbonyl (C=O) groups is 2. The number of carboxylic acid groups (broad SMARTS) is 1. The van der Waals surface area contributed by atoms with E-state index in [9.17, 15) is 14.7 Å². The minimum absolute atomic E-state index is 0.0359. The van der Waals surface area contributed by atoms with E-state index in [2.05, 4.69) is 6.92 Å². The molecule has 0 amide bonds. The molecule has 4 nitrogen and oxygen atoms in total. The first-order valence-electron chi connectivity index (χ1n) is 6.04. The second-order valence-corrected chi connectivity index (χ2v) is 4.68. The fourth-order valence-corrected chi connectivity index (χ4v) is 2.33. The molecule has 0 aromatic carbocycles. The van der Waals surface area contributed by atoms with Gasteiger partial charge in [-0.25, -0.2) is 0 Å². The Hall–Kier alpha value is -0.900. The van der Waals surface area contributed by atoms with E-state index in [1.165, 1.54) is 0 Å². The lowest BCUT2D eigenvalue weighted by Crippen LogP contribution is -2.35. The molecule has 0 radical (unpaired) electrons. The minimum Gasteiger partial charge on any atom is -0.481 e. The van der Waals surface area contributed by atoms with Gasteiger partial charge < -0.3 is 10.8 Å². The van der Waals surface area contributed by atoms with E-state index in [-0.39, 0.29) is 18.2 Å². The van der Waals surface area contributed by atoms with Crippen molar-refractivity contribution in [1.29, 1.82) is 0 Å². The van der Waals surface area contributed by atoms with Crippen LogP contribution in [0.3, 0.4) is 0 Å². The molecular weight excluding hydrogens is 206 g/mol. The molecule has 0 aromatic rings. The fraction of sp³-hybridized carbons (Fsp3) is 0.833. The van der Waals surface area contributed by atoms with Crippen molar-refractivity contribution in [2.75, 3.05) is 6.54 Å². The van der Waals surface area contributed by atoms with Crippen LogP contribution in [0.1, 0.15) is 45.4 Å². The third-order valence-electron chi connectivity index (χ3n) is 3.57. The third-order valence-corrected chi connectivity index (χ3v) is 3.57. The highest BCUT2D eigenvalue weighted by Crippen LogP contribution is 2.54. The van der Waals surface area contributed by atoms with Crippen molar-refractivity contribution in [3.63, 3.8) is 0 Å². The van der Waals surface area contributed by atoms with E-state index in [0.29, 0.717) is 19.3 Å². The van der Waals surface area contributed by atoms with Gasteiger partial charge in [0.05, 0.1) is 12.0 Å². The van der Waals surface area contributed by atoms with E-state index in [0.717, 1.165) is 19.3 Å². The Kier molecular flexibility index (Phi) is 4.47. The van der Waals surface area contributed by atoms with E-state index in [1.54, 1.807) is 0 Å². The van der Waals surface area contributed by atoms with Crippen molar-refractivity contribution in [1.82, 2.24) is 0 Å². The van der Waals surface area contributed by atoms with Gasteiger partial charge in [0.2, 0.25) is 0 Å². The molecule has 1 atom stereocenters. The van der Waals surface area contributed by atoms with Gasteiger partial charge in [0.15, 0.2) is 5.78 Å². The maximum Gasteiger partial charge on any atom is 0.310 e. The lowest BCUT2D eigenvalue weighted by molar-refractivity contribution is -0.148. The van der Waals surface area contributed by atoms with Crippen molar-refractivity contribution in [3.8, 4) is 0 Å². The third kappa shape index (κ3) is 2.61. The molecule has 0 saturated heterocycles. The number of Topliss-reactive ketones (excluding diaryl/α,β-unsaturated/α-hetero) is 1. The number of hydrogen-bond acceptors (Lipinski definition) is 3. The molecular formula is C12H21NO3. The summed E-state index contributed by atoms with van der Waals surface area (Å²) in [5, 5.41) is 9.18. The van der Waals surface area contributed by atoms with Crippen LogP contribution in [0, 0.1) is 11.3 Å². The zero-order valence-corrected chi connectivity index (χ0v) is 9.87. The highest BCUT2D eigenvalue weighted by molar-refractivity contribution is 5.91. The summed E-state index contributed by atoms with van der Waals surface area (Å²) < 4.78 is 0. The number of unbranched alkanes of at least 4 members (excludes halogenated alkanes) is 2. The lowest BCUT2D eigenvalue weighted by Gasteiger charge is -2.21. The van der Waals surface area contributed by atoms with E-state index < -0.39 is 11.4 Å². The van der Waals surface area contributed by atoms with Gasteiger partial charge in [0.25, 0.3) is 0 Å². The zero-order chi connectivity index (χ0) is 12.2. The molecule has 1 aliphatic rings. The molecule has 1 aliphatic carbocycles. The van der Waals surface area contributed by atoms with E-state index in [4.69, 9.17) is 5.73 Å². The van der Waals surface area contributed by atoms with Gasteiger partial charge in [0.1, 0.15) is 0 Å². The smallest absolute Gasteiger partial charge is 0.310 e. The molecule has 4 heteroatoms. The van der Waals surface area contributed by atoms with Crippen LogP contribution < -0.4 is 5.73 Å². The summed E-state index contributed by atoms with van der Waals surface area (Å²) >= 11 is 0. The van der Waals surface area contributed by atoms with E-state index >= 15 is 0 Å². The minimum atomic E-state index is -0.823. The van der Waals surface area contributed by atoms with Crippen LogP contribution >= 0.6 is 0 Å². The SMILES string of the molecule is CCCCCC(C(=O)CN)C1(C(=O)O)CC1. The maximum atomic E-state index is 11.7. The predicted octanol–water partition coefficient (Wildman–Crippen LogP) is 1.58. The summed E-state index contributed by atoms with van der Waals surface area (Å²) in [6.07, 6.45) is 4.97. The van der Waals surface area contributed by atoms with Crippen LogP contribution in [-0.4, -0.2) is 23.4 Å². The number of carbonyl (C=O) groups excluding carboxylic acids is 1. The molecule has 1 fully saturated rings. The Morgan fingerprint density at radius 2 is 2.00 bits per heavy atom. The first-order chi connectivity index (χ1) is 7.58. The van der Waals surface area contributed by atoms with Crippen molar-refractivity contribution in [3.05, 3.63) is 0 Å². The highest BCUT2D eigenvalue weighted by Gasteiger charge is 2.57. The summed E-state index contributed by atoms with van der Waals surface area (Å²) in [6, 6.07) is 0. The Morgan fingerprint density at radius 3 is 2.38 bits per heavy atom. The fourth-order valence-electron chi connectivity index (χ4n) is 2.33.